The minimum atomic E-state index is -0.495. The predicted octanol–water partition coefficient (Wildman–Crippen LogP) is 0.291. The Kier molecular flexibility index (Phi) is 3.41. The summed E-state index contributed by atoms with van der Waals surface area (Å²) in [5.41, 5.74) is 0.428. The second-order valence-corrected chi connectivity index (χ2v) is 3.12. The van der Waals surface area contributed by atoms with E-state index in [2.05, 4.69) is 15.5 Å². The maximum Gasteiger partial charge on any atom is 0.366 e. The maximum absolute atomic E-state index is 10.5. The lowest BCUT2D eigenvalue weighted by Crippen LogP contribution is -2.20. The molecule has 0 radical (unpaired) electrons. The van der Waals surface area contributed by atoms with E-state index in [-0.39, 0.29) is 5.82 Å². The van der Waals surface area contributed by atoms with Gasteiger partial charge >= 0.3 is 5.82 Å². The molecule has 2 N–H and O–H groups in total. The molecule has 1 heterocycles. The highest BCUT2D eigenvalue weighted by Gasteiger charge is 2.13. The highest BCUT2D eigenvalue weighted by atomic mass is 16.6. The Morgan fingerprint density at radius 2 is 2.43 bits per heavy atom. The smallest absolute Gasteiger partial charge is 0.366 e. The number of H-pyrrole nitrogens is 1. The Balaban J connectivity index is 2.50. The van der Waals surface area contributed by atoms with Crippen molar-refractivity contribution in [1.29, 1.82) is 0 Å². The minimum Gasteiger partial charge on any atom is -0.376 e. The summed E-state index contributed by atoms with van der Waals surface area (Å²) in [5.74, 6) is -0.0937. The van der Waals surface area contributed by atoms with Gasteiger partial charge in [0.2, 0.25) is 0 Å². The molecule has 0 spiro atoms. The van der Waals surface area contributed by atoms with Gasteiger partial charge in [0.15, 0.2) is 5.69 Å². The van der Waals surface area contributed by atoms with Crippen molar-refractivity contribution in [3.63, 3.8) is 0 Å². The van der Waals surface area contributed by atoms with Gasteiger partial charge in [-0.25, -0.2) is 0 Å². The zero-order valence-corrected chi connectivity index (χ0v) is 8.15. The number of likely N-dealkylation sites (N-methyl/N-ethyl adjacent to an activating group) is 1. The van der Waals surface area contributed by atoms with Gasteiger partial charge in [0, 0.05) is 13.1 Å². The van der Waals surface area contributed by atoms with Gasteiger partial charge in [0.05, 0.1) is 0 Å². The summed E-state index contributed by atoms with van der Waals surface area (Å²) in [4.78, 5) is 12.0. The normalized spacial score (nSPS) is 10.5. The zero-order chi connectivity index (χ0) is 10.6. The molecule has 0 bridgehead atoms. The topological polar surface area (TPSA) is 87.1 Å². The number of hydrogen-bond donors (Lipinski definition) is 2. The molecule has 0 amide bonds. The van der Waals surface area contributed by atoms with Crippen LogP contribution in [0.3, 0.4) is 0 Å². The van der Waals surface area contributed by atoms with E-state index in [0.29, 0.717) is 12.2 Å². The van der Waals surface area contributed by atoms with E-state index < -0.39 is 4.92 Å². The molecule has 1 aromatic heterocycles. The first-order chi connectivity index (χ1) is 6.61. The van der Waals surface area contributed by atoms with E-state index >= 15 is 0 Å². The molecule has 0 unspecified atom stereocenters. The van der Waals surface area contributed by atoms with Crippen molar-refractivity contribution in [2.24, 2.45) is 0 Å². The highest BCUT2D eigenvalue weighted by Crippen LogP contribution is 2.18. The van der Waals surface area contributed by atoms with Crippen molar-refractivity contribution in [2.45, 2.75) is 0 Å². The largest absolute Gasteiger partial charge is 0.376 e. The third-order valence-electron chi connectivity index (χ3n) is 1.68. The predicted molar refractivity (Wildman–Crippen MR) is 52.3 cm³/mol. The summed E-state index contributed by atoms with van der Waals surface area (Å²) < 4.78 is 0. The van der Waals surface area contributed by atoms with Gasteiger partial charge in [0.1, 0.15) is 6.20 Å². The average molecular weight is 199 g/mol. The maximum atomic E-state index is 10.5. The number of aromatic amines is 1. The van der Waals surface area contributed by atoms with Crippen LogP contribution in [0.2, 0.25) is 0 Å². The highest BCUT2D eigenvalue weighted by molar-refractivity contribution is 5.55. The van der Waals surface area contributed by atoms with Crippen molar-refractivity contribution in [3.8, 4) is 0 Å². The molecule has 7 nitrogen and oxygen atoms in total. The van der Waals surface area contributed by atoms with Crippen LogP contribution in [-0.4, -0.2) is 47.2 Å². The molecule has 14 heavy (non-hydrogen) atoms. The summed E-state index contributed by atoms with van der Waals surface area (Å²) in [7, 11) is 3.87. The van der Waals surface area contributed by atoms with Crippen LogP contribution in [-0.2, 0) is 0 Å². The quantitative estimate of drug-likeness (QED) is 0.525. The Bertz CT molecular complexity index is 309. The number of nitrogens with one attached hydrogen (secondary N) is 2. The van der Waals surface area contributed by atoms with Crippen molar-refractivity contribution in [3.05, 3.63) is 16.3 Å². The fourth-order valence-electron chi connectivity index (χ4n) is 0.962. The summed E-state index contributed by atoms with van der Waals surface area (Å²) in [6, 6.07) is 0. The first-order valence-corrected chi connectivity index (χ1v) is 4.17. The molecule has 1 rings (SSSR count). The molecule has 0 saturated carbocycles. The van der Waals surface area contributed by atoms with E-state index in [4.69, 9.17) is 0 Å². The van der Waals surface area contributed by atoms with E-state index in [1.807, 2.05) is 19.0 Å². The van der Waals surface area contributed by atoms with E-state index in [0.717, 1.165) is 6.54 Å². The van der Waals surface area contributed by atoms with Crippen LogP contribution in [0.25, 0.3) is 0 Å². The van der Waals surface area contributed by atoms with Crippen molar-refractivity contribution in [2.75, 3.05) is 32.5 Å². The number of anilines is 1. The number of aromatic nitrogens is 2. The summed E-state index contributed by atoms with van der Waals surface area (Å²) in [6.07, 6.45) is 1.41. The first kappa shape index (κ1) is 10.5. The van der Waals surface area contributed by atoms with Gasteiger partial charge < -0.3 is 20.3 Å². The van der Waals surface area contributed by atoms with Crippen LogP contribution in [0.4, 0.5) is 11.5 Å². The molecule has 0 aromatic carbocycles. The van der Waals surface area contributed by atoms with Crippen molar-refractivity contribution in [1.82, 2.24) is 15.1 Å². The monoisotopic (exact) mass is 199 g/mol. The number of rotatable bonds is 5. The third kappa shape index (κ3) is 2.70. The summed E-state index contributed by atoms with van der Waals surface area (Å²) in [6.45, 7) is 1.45. The Labute approximate surface area is 81.3 Å². The van der Waals surface area contributed by atoms with Gasteiger partial charge in [0.25, 0.3) is 0 Å². The standard InChI is InChI=1S/C7H13N5O2/c1-11(2)4-3-8-6-5-9-10-7(6)12(13)14/h5,8H,3-4H2,1-2H3,(H,9,10). The second-order valence-electron chi connectivity index (χ2n) is 3.12. The van der Waals surface area contributed by atoms with Gasteiger partial charge in [-0.1, -0.05) is 5.10 Å². The van der Waals surface area contributed by atoms with Gasteiger partial charge in [-0.15, -0.1) is 5.10 Å². The molecule has 1 aromatic rings. The van der Waals surface area contributed by atoms with Gasteiger partial charge in [-0.05, 0) is 19.0 Å². The molecular weight excluding hydrogens is 186 g/mol. The molecule has 0 atom stereocenters. The first-order valence-electron chi connectivity index (χ1n) is 4.17. The Morgan fingerprint density at radius 3 is 3.00 bits per heavy atom. The lowest BCUT2D eigenvalue weighted by Gasteiger charge is -2.09. The SMILES string of the molecule is CN(C)CCNc1cn[nH]c1[N+](=O)[O-]. The second kappa shape index (κ2) is 4.56. The van der Waals surface area contributed by atoms with Crippen LogP contribution in [0.15, 0.2) is 6.20 Å². The zero-order valence-electron chi connectivity index (χ0n) is 8.15. The Hall–Kier alpha value is -1.63. The molecule has 0 aliphatic heterocycles. The minimum absolute atomic E-state index is 0.0937. The summed E-state index contributed by atoms with van der Waals surface area (Å²) in [5, 5.41) is 19.3. The van der Waals surface area contributed by atoms with Crippen LogP contribution >= 0.6 is 0 Å². The van der Waals surface area contributed by atoms with Crippen molar-refractivity contribution < 1.29 is 4.92 Å². The molecule has 78 valence electrons. The van der Waals surface area contributed by atoms with Crippen LogP contribution in [0.5, 0.6) is 0 Å². The molecular formula is C7H13N5O2. The van der Waals surface area contributed by atoms with Crippen LogP contribution < -0.4 is 5.32 Å². The van der Waals surface area contributed by atoms with E-state index in [9.17, 15) is 10.1 Å². The van der Waals surface area contributed by atoms with Crippen LogP contribution in [0, 0.1) is 10.1 Å². The fourth-order valence-corrected chi connectivity index (χ4v) is 0.962. The number of nitrogens with zero attached hydrogens (tertiary/aromatic N) is 3. The Morgan fingerprint density at radius 1 is 1.71 bits per heavy atom. The molecule has 0 fully saturated rings. The molecule has 0 aliphatic rings. The average Bonchev–Trinajstić information content (AvgIpc) is 2.51. The van der Waals surface area contributed by atoms with E-state index in [1.165, 1.54) is 6.20 Å². The van der Waals surface area contributed by atoms with Crippen molar-refractivity contribution >= 4 is 11.5 Å². The van der Waals surface area contributed by atoms with Gasteiger partial charge in [-0.2, -0.15) is 0 Å². The van der Waals surface area contributed by atoms with E-state index in [1.54, 1.807) is 0 Å². The third-order valence-corrected chi connectivity index (χ3v) is 1.68. The molecule has 0 saturated heterocycles. The fraction of sp³-hybridized carbons (Fsp3) is 0.571. The lowest BCUT2D eigenvalue weighted by atomic mass is 10.5. The molecule has 7 heteroatoms. The van der Waals surface area contributed by atoms with Gasteiger partial charge in [-0.3, -0.25) is 0 Å². The number of hydrogen-bond acceptors (Lipinski definition) is 5. The van der Waals surface area contributed by atoms with Crippen LogP contribution in [0.1, 0.15) is 0 Å². The number of nitro groups is 1. The lowest BCUT2D eigenvalue weighted by molar-refractivity contribution is -0.388. The molecule has 0 aliphatic carbocycles. The summed E-state index contributed by atoms with van der Waals surface area (Å²) >= 11 is 0.